The molecule has 0 saturated carbocycles. The minimum atomic E-state index is -0.652. The van der Waals surface area contributed by atoms with Crippen molar-refractivity contribution in [1.82, 2.24) is 4.90 Å². The molecule has 0 radical (unpaired) electrons. The van der Waals surface area contributed by atoms with Crippen molar-refractivity contribution in [3.63, 3.8) is 0 Å². The van der Waals surface area contributed by atoms with E-state index < -0.39 is 11.8 Å². The van der Waals surface area contributed by atoms with Crippen LogP contribution in [0.5, 0.6) is 11.5 Å². The Morgan fingerprint density at radius 3 is 2.44 bits per heavy atom. The maximum atomic E-state index is 12.6. The molecule has 3 rings (SSSR count). The monoisotopic (exact) mass is 368 g/mol. The van der Waals surface area contributed by atoms with Gasteiger partial charge in [-0.15, -0.1) is 0 Å². The summed E-state index contributed by atoms with van der Waals surface area (Å²) in [7, 11) is 0. The normalized spacial score (nSPS) is 12.9. The van der Waals surface area contributed by atoms with E-state index in [1.54, 1.807) is 23.1 Å². The molecule has 2 aromatic rings. The number of nitrogens with one attached hydrogen (secondary N) is 1. The number of fused-ring (bicyclic) bond motifs is 1. The number of nitrogens with zero attached hydrogens (tertiary/aromatic N) is 1. The zero-order valence-electron chi connectivity index (χ0n) is 15.7. The van der Waals surface area contributed by atoms with Crippen LogP contribution in [0.15, 0.2) is 42.5 Å². The van der Waals surface area contributed by atoms with Crippen molar-refractivity contribution in [3.8, 4) is 11.5 Å². The molecule has 2 aromatic carbocycles. The van der Waals surface area contributed by atoms with Gasteiger partial charge in [0.25, 0.3) is 0 Å². The van der Waals surface area contributed by atoms with Crippen molar-refractivity contribution in [2.45, 2.75) is 26.8 Å². The molecule has 6 nitrogen and oxygen atoms in total. The van der Waals surface area contributed by atoms with E-state index in [2.05, 4.69) is 11.4 Å². The number of ether oxygens (including phenoxy) is 2. The molecule has 142 valence electrons. The third-order valence-corrected chi connectivity index (χ3v) is 4.41. The topological polar surface area (TPSA) is 67.9 Å². The fraction of sp³-hybridized carbons (Fsp3) is 0.333. The van der Waals surface area contributed by atoms with Crippen LogP contribution in [0, 0.1) is 0 Å². The highest BCUT2D eigenvalue weighted by Gasteiger charge is 2.25. The van der Waals surface area contributed by atoms with Crippen LogP contribution >= 0.6 is 0 Å². The molecule has 0 atom stereocenters. The summed E-state index contributed by atoms with van der Waals surface area (Å²) in [6.07, 6.45) is 0.757. The summed E-state index contributed by atoms with van der Waals surface area (Å²) < 4.78 is 11.1. The van der Waals surface area contributed by atoms with E-state index in [4.69, 9.17) is 9.47 Å². The highest BCUT2D eigenvalue weighted by atomic mass is 16.5. The van der Waals surface area contributed by atoms with Crippen LogP contribution in [-0.2, 0) is 22.6 Å². The van der Waals surface area contributed by atoms with Gasteiger partial charge < -0.3 is 19.7 Å². The molecular weight excluding hydrogens is 344 g/mol. The lowest BCUT2D eigenvalue weighted by atomic mass is 10.00. The Bertz CT molecular complexity index is 835. The van der Waals surface area contributed by atoms with Crippen LogP contribution in [0.2, 0.25) is 0 Å². The van der Waals surface area contributed by atoms with Gasteiger partial charge in [-0.2, -0.15) is 0 Å². The lowest BCUT2D eigenvalue weighted by Gasteiger charge is -2.28. The second-order valence-corrected chi connectivity index (χ2v) is 6.23. The molecule has 0 fully saturated rings. The predicted molar refractivity (Wildman–Crippen MR) is 103 cm³/mol. The zero-order valence-corrected chi connectivity index (χ0v) is 15.7. The van der Waals surface area contributed by atoms with Crippen molar-refractivity contribution in [2.75, 3.05) is 25.1 Å². The standard InChI is InChI=1S/C21H24N2O4/c1-3-26-18-10-9-17(13-19(18)27-4-2)22-20(24)21(25)23-12-11-15-7-5-6-8-16(15)14-23/h5-10,13H,3-4,11-12,14H2,1-2H3,(H,22,24). The molecule has 1 aliphatic heterocycles. The van der Waals surface area contributed by atoms with Gasteiger partial charge in [0.15, 0.2) is 11.5 Å². The van der Waals surface area contributed by atoms with Gasteiger partial charge in [0.05, 0.1) is 13.2 Å². The van der Waals surface area contributed by atoms with Crippen molar-refractivity contribution in [3.05, 3.63) is 53.6 Å². The van der Waals surface area contributed by atoms with Crippen LogP contribution in [0.1, 0.15) is 25.0 Å². The Morgan fingerprint density at radius 2 is 1.70 bits per heavy atom. The van der Waals surface area contributed by atoms with Gasteiger partial charge in [0.1, 0.15) is 0 Å². The molecule has 1 N–H and O–H groups in total. The average molecular weight is 368 g/mol. The largest absolute Gasteiger partial charge is 0.490 e. The van der Waals surface area contributed by atoms with Gasteiger partial charge in [0.2, 0.25) is 0 Å². The fourth-order valence-electron chi connectivity index (χ4n) is 3.13. The molecule has 27 heavy (non-hydrogen) atoms. The van der Waals surface area contributed by atoms with Crippen LogP contribution in [0.25, 0.3) is 0 Å². The van der Waals surface area contributed by atoms with E-state index >= 15 is 0 Å². The number of anilines is 1. The quantitative estimate of drug-likeness (QED) is 0.824. The number of rotatable bonds is 5. The lowest BCUT2D eigenvalue weighted by Crippen LogP contribution is -2.42. The van der Waals surface area contributed by atoms with E-state index in [0.717, 1.165) is 12.0 Å². The number of amides is 2. The summed E-state index contributed by atoms with van der Waals surface area (Å²) in [5.74, 6) is -0.0369. The average Bonchev–Trinajstić information content (AvgIpc) is 2.69. The van der Waals surface area contributed by atoms with E-state index in [1.807, 2.05) is 32.0 Å². The van der Waals surface area contributed by atoms with E-state index in [-0.39, 0.29) is 0 Å². The van der Waals surface area contributed by atoms with Crippen molar-refractivity contribution < 1.29 is 19.1 Å². The van der Waals surface area contributed by atoms with Crippen LogP contribution in [-0.4, -0.2) is 36.5 Å². The number of carbonyl (C=O) groups excluding carboxylic acids is 2. The molecule has 0 aromatic heterocycles. The maximum absolute atomic E-state index is 12.6. The second-order valence-electron chi connectivity index (χ2n) is 6.23. The molecule has 0 bridgehead atoms. The molecular formula is C21H24N2O4. The third kappa shape index (κ3) is 4.39. The Balaban J connectivity index is 1.68. The third-order valence-electron chi connectivity index (χ3n) is 4.41. The summed E-state index contributed by atoms with van der Waals surface area (Å²) >= 11 is 0. The van der Waals surface area contributed by atoms with Crippen LogP contribution < -0.4 is 14.8 Å². The van der Waals surface area contributed by atoms with Crippen molar-refractivity contribution >= 4 is 17.5 Å². The Morgan fingerprint density at radius 1 is 1.00 bits per heavy atom. The first-order chi connectivity index (χ1) is 13.1. The summed E-state index contributed by atoms with van der Waals surface area (Å²) in [4.78, 5) is 26.6. The maximum Gasteiger partial charge on any atom is 0.313 e. The smallest absolute Gasteiger partial charge is 0.313 e. The molecule has 2 amide bonds. The van der Waals surface area contributed by atoms with Gasteiger partial charge in [-0.25, -0.2) is 0 Å². The van der Waals surface area contributed by atoms with Gasteiger partial charge in [0, 0.05) is 24.8 Å². The minimum Gasteiger partial charge on any atom is -0.490 e. The molecule has 1 heterocycles. The van der Waals surface area contributed by atoms with Crippen LogP contribution in [0.3, 0.4) is 0 Å². The number of carbonyl (C=O) groups is 2. The SMILES string of the molecule is CCOc1ccc(NC(=O)C(=O)N2CCc3ccccc3C2)cc1OCC. The van der Waals surface area contributed by atoms with E-state index in [1.165, 1.54) is 5.56 Å². The summed E-state index contributed by atoms with van der Waals surface area (Å²) in [6.45, 7) is 5.75. The van der Waals surface area contributed by atoms with Gasteiger partial charge in [-0.05, 0) is 43.5 Å². The molecule has 1 aliphatic rings. The predicted octanol–water partition coefficient (Wildman–Crippen LogP) is 3.01. The number of benzene rings is 2. The highest BCUT2D eigenvalue weighted by molar-refractivity contribution is 6.39. The van der Waals surface area contributed by atoms with Crippen LogP contribution in [0.4, 0.5) is 5.69 Å². The first kappa shape index (κ1) is 18.8. The van der Waals surface area contributed by atoms with Gasteiger partial charge in [-0.1, -0.05) is 24.3 Å². The molecule has 6 heteroatoms. The summed E-state index contributed by atoms with van der Waals surface area (Å²) in [6, 6.07) is 13.1. The highest BCUT2D eigenvalue weighted by Crippen LogP contribution is 2.30. The first-order valence-corrected chi connectivity index (χ1v) is 9.19. The minimum absolute atomic E-state index is 0.454. The summed E-state index contributed by atoms with van der Waals surface area (Å²) in [5, 5.41) is 2.67. The number of hydrogen-bond acceptors (Lipinski definition) is 4. The zero-order chi connectivity index (χ0) is 19.2. The molecule has 0 saturated heterocycles. The lowest BCUT2D eigenvalue weighted by molar-refractivity contribution is -0.143. The first-order valence-electron chi connectivity index (χ1n) is 9.19. The van der Waals surface area contributed by atoms with E-state index in [0.29, 0.717) is 43.5 Å². The molecule has 0 spiro atoms. The molecule has 0 unspecified atom stereocenters. The Hall–Kier alpha value is -3.02. The molecule has 0 aliphatic carbocycles. The van der Waals surface area contributed by atoms with Gasteiger partial charge >= 0.3 is 11.8 Å². The van der Waals surface area contributed by atoms with E-state index in [9.17, 15) is 9.59 Å². The van der Waals surface area contributed by atoms with Crippen molar-refractivity contribution in [1.29, 1.82) is 0 Å². The summed E-state index contributed by atoms with van der Waals surface area (Å²) in [5.41, 5.74) is 2.82. The van der Waals surface area contributed by atoms with Gasteiger partial charge in [-0.3, -0.25) is 9.59 Å². The fourth-order valence-corrected chi connectivity index (χ4v) is 3.13. The Labute approximate surface area is 159 Å². The number of hydrogen-bond donors (Lipinski definition) is 1. The second kappa shape index (κ2) is 8.58. The van der Waals surface area contributed by atoms with Crippen molar-refractivity contribution in [2.24, 2.45) is 0 Å². The Kier molecular flexibility index (Phi) is 5.96.